The smallest absolute Gasteiger partial charge is 0.0650 e. The molecule has 1 nitrogen and oxygen atoms in total. The molecule has 0 bridgehead atoms. The van der Waals surface area contributed by atoms with Gasteiger partial charge in [0.05, 0.1) is 6.20 Å². The number of hydrogen-bond donors (Lipinski definition) is 0. The number of aryl methyl sites for hydroxylation is 1. The van der Waals surface area contributed by atoms with Crippen LogP contribution in [0.15, 0.2) is 39.3 Å². The lowest BCUT2D eigenvalue weighted by Crippen LogP contribution is -1.89. The second-order valence-electron chi connectivity index (χ2n) is 3.04. The highest BCUT2D eigenvalue weighted by Crippen LogP contribution is 2.28. The lowest BCUT2D eigenvalue weighted by Gasteiger charge is -2.04. The van der Waals surface area contributed by atoms with Crippen LogP contribution in [-0.4, -0.2) is 4.57 Å². The molecule has 0 saturated carbocycles. The van der Waals surface area contributed by atoms with Gasteiger partial charge >= 0.3 is 0 Å². The summed E-state index contributed by atoms with van der Waals surface area (Å²) in [7, 11) is 1.99. The van der Waals surface area contributed by atoms with E-state index in [0.29, 0.717) is 0 Å². The molecule has 0 aliphatic heterocycles. The molecule has 71 valence electrons. The molecule has 2 aromatic rings. The first kappa shape index (κ1) is 9.99. The fourth-order valence-corrected chi connectivity index (χ4v) is 1.98. The minimum atomic E-state index is 1.07. The van der Waals surface area contributed by atoms with Crippen LogP contribution in [0.3, 0.4) is 0 Å². The van der Waals surface area contributed by atoms with Gasteiger partial charge in [0.1, 0.15) is 0 Å². The van der Waals surface area contributed by atoms with Crippen LogP contribution in [0.4, 0.5) is 0 Å². The zero-order valence-corrected chi connectivity index (χ0v) is 10.8. The van der Waals surface area contributed by atoms with Gasteiger partial charge in [0.15, 0.2) is 0 Å². The molecule has 1 aromatic heterocycles. The number of halogens is 2. The number of aromatic nitrogens is 1. The minimum absolute atomic E-state index is 1.07. The molecule has 0 N–H and O–H groups in total. The molecular formula is C11H8Br2N. The van der Waals surface area contributed by atoms with Crippen molar-refractivity contribution in [1.82, 2.24) is 4.57 Å². The summed E-state index contributed by atoms with van der Waals surface area (Å²) in [4.78, 5) is 0. The third-order valence-corrected chi connectivity index (χ3v) is 3.97. The van der Waals surface area contributed by atoms with Gasteiger partial charge in [-0.25, -0.2) is 0 Å². The first-order chi connectivity index (χ1) is 6.68. The average Bonchev–Trinajstić information content (AvgIpc) is 2.57. The Hall–Kier alpha value is -0.540. The second kappa shape index (κ2) is 3.91. The molecule has 0 atom stereocenters. The van der Waals surface area contributed by atoms with E-state index in [-0.39, 0.29) is 0 Å². The molecule has 2 rings (SSSR count). The summed E-state index contributed by atoms with van der Waals surface area (Å²) in [5.41, 5.74) is 2.35. The van der Waals surface area contributed by atoms with Crippen molar-refractivity contribution in [2.24, 2.45) is 7.05 Å². The van der Waals surface area contributed by atoms with Crippen molar-refractivity contribution < 1.29 is 0 Å². The molecule has 0 aliphatic carbocycles. The minimum Gasteiger partial charge on any atom is -0.342 e. The zero-order valence-electron chi connectivity index (χ0n) is 7.59. The molecule has 3 heteroatoms. The maximum atomic E-state index is 3.49. The molecule has 0 fully saturated rings. The van der Waals surface area contributed by atoms with E-state index in [1.165, 1.54) is 11.3 Å². The van der Waals surface area contributed by atoms with Gasteiger partial charge in [0.25, 0.3) is 0 Å². The first-order valence-electron chi connectivity index (χ1n) is 4.17. The maximum Gasteiger partial charge on any atom is 0.0650 e. The van der Waals surface area contributed by atoms with Crippen LogP contribution in [0.25, 0.3) is 11.3 Å². The third kappa shape index (κ3) is 1.79. The van der Waals surface area contributed by atoms with E-state index in [2.05, 4.69) is 56.3 Å². The second-order valence-corrected chi connectivity index (χ2v) is 4.74. The summed E-state index contributed by atoms with van der Waals surface area (Å²) < 4.78 is 4.12. The van der Waals surface area contributed by atoms with Crippen LogP contribution in [0.5, 0.6) is 0 Å². The molecular weight excluding hydrogens is 306 g/mol. The van der Waals surface area contributed by atoms with Gasteiger partial charge < -0.3 is 4.57 Å². The van der Waals surface area contributed by atoms with Gasteiger partial charge in [0, 0.05) is 21.7 Å². The van der Waals surface area contributed by atoms with E-state index in [0.717, 1.165) is 8.95 Å². The molecule has 0 unspecified atom stereocenters. The van der Waals surface area contributed by atoms with Crippen molar-refractivity contribution in [2.45, 2.75) is 0 Å². The standard InChI is InChI=1S/C11H8Br2N/c1-14-6-2-3-11(14)8-4-5-9(12)10(13)7-8/h2-5,7H,1H3. The van der Waals surface area contributed by atoms with E-state index in [1.807, 2.05) is 23.7 Å². The average molecular weight is 314 g/mol. The van der Waals surface area contributed by atoms with Gasteiger partial charge in [0.2, 0.25) is 0 Å². The van der Waals surface area contributed by atoms with Gasteiger partial charge in [-0.15, -0.1) is 0 Å². The lowest BCUT2D eigenvalue weighted by atomic mass is 10.1. The number of benzene rings is 1. The quantitative estimate of drug-likeness (QED) is 0.749. The van der Waals surface area contributed by atoms with Crippen LogP contribution in [-0.2, 0) is 7.05 Å². The van der Waals surface area contributed by atoms with Gasteiger partial charge in [-0.05, 0) is 61.7 Å². The summed E-state index contributed by atoms with van der Waals surface area (Å²) in [6, 6.07) is 10.2. The molecule has 0 amide bonds. The predicted octanol–water partition coefficient (Wildman–Crippen LogP) is 4.02. The predicted molar refractivity (Wildman–Crippen MR) is 65.1 cm³/mol. The fraction of sp³-hybridized carbons (Fsp3) is 0.0909. The summed E-state index contributed by atoms with van der Waals surface area (Å²) in [6.07, 6.45) is 3.09. The van der Waals surface area contributed by atoms with Crippen LogP contribution < -0.4 is 0 Å². The van der Waals surface area contributed by atoms with Crippen molar-refractivity contribution in [3.63, 3.8) is 0 Å². The molecule has 0 spiro atoms. The Morgan fingerprint density at radius 2 is 1.93 bits per heavy atom. The zero-order chi connectivity index (χ0) is 10.1. The van der Waals surface area contributed by atoms with E-state index < -0.39 is 0 Å². The Labute approximate surface area is 100 Å². The van der Waals surface area contributed by atoms with Crippen LogP contribution >= 0.6 is 31.9 Å². The Bertz CT molecular complexity index is 460. The third-order valence-electron chi connectivity index (χ3n) is 2.09. The number of nitrogens with zero attached hydrogens (tertiary/aromatic N) is 1. The highest BCUT2D eigenvalue weighted by Gasteiger charge is 2.03. The summed E-state index contributed by atoms with van der Waals surface area (Å²) in [6.45, 7) is 0. The summed E-state index contributed by atoms with van der Waals surface area (Å²) in [5.74, 6) is 0. The first-order valence-corrected chi connectivity index (χ1v) is 5.76. The van der Waals surface area contributed by atoms with Crippen LogP contribution in [0.2, 0.25) is 0 Å². The van der Waals surface area contributed by atoms with Crippen molar-refractivity contribution >= 4 is 31.9 Å². The van der Waals surface area contributed by atoms with Gasteiger partial charge in [-0.3, -0.25) is 0 Å². The fourth-order valence-electron chi connectivity index (χ4n) is 1.35. The molecule has 1 heterocycles. The number of rotatable bonds is 1. The van der Waals surface area contributed by atoms with E-state index in [9.17, 15) is 0 Å². The molecule has 0 saturated heterocycles. The van der Waals surface area contributed by atoms with E-state index in [4.69, 9.17) is 0 Å². The molecule has 0 aliphatic rings. The maximum absolute atomic E-state index is 3.49. The summed E-state index contributed by atoms with van der Waals surface area (Å²) in [5, 5.41) is 0. The van der Waals surface area contributed by atoms with Crippen molar-refractivity contribution in [3.8, 4) is 11.3 Å². The highest BCUT2D eigenvalue weighted by atomic mass is 79.9. The largest absolute Gasteiger partial charge is 0.342 e. The normalized spacial score (nSPS) is 10.5. The van der Waals surface area contributed by atoms with Gasteiger partial charge in [-0.2, -0.15) is 0 Å². The highest BCUT2D eigenvalue weighted by molar-refractivity contribution is 9.13. The Morgan fingerprint density at radius 1 is 1.14 bits per heavy atom. The van der Waals surface area contributed by atoms with Crippen LogP contribution in [0, 0.1) is 6.20 Å². The molecule has 1 aromatic carbocycles. The Morgan fingerprint density at radius 3 is 2.50 bits per heavy atom. The lowest BCUT2D eigenvalue weighted by molar-refractivity contribution is 0.928. The number of hydrogen-bond acceptors (Lipinski definition) is 0. The molecule has 1 radical (unpaired) electrons. The monoisotopic (exact) mass is 312 g/mol. The SMILES string of the molecule is Cn1[c]ccc1-c1ccc(Br)c(Br)c1. The molecule has 14 heavy (non-hydrogen) atoms. The Balaban J connectivity index is 2.53. The Kier molecular flexibility index (Phi) is 2.79. The van der Waals surface area contributed by atoms with E-state index in [1.54, 1.807) is 0 Å². The van der Waals surface area contributed by atoms with Gasteiger partial charge in [-0.1, -0.05) is 6.07 Å². The van der Waals surface area contributed by atoms with Crippen molar-refractivity contribution in [1.29, 1.82) is 0 Å². The van der Waals surface area contributed by atoms with Crippen molar-refractivity contribution in [3.05, 3.63) is 45.5 Å². The van der Waals surface area contributed by atoms with Crippen molar-refractivity contribution in [2.75, 3.05) is 0 Å². The summed E-state index contributed by atoms with van der Waals surface area (Å²) >= 11 is 6.94. The topological polar surface area (TPSA) is 4.93 Å². The van der Waals surface area contributed by atoms with Crippen LogP contribution in [0.1, 0.15) is 0 Å². The van der Waals surface area contributed by atoms with E-state index >= 15 is 0 Å².